The Morgan fingerprint density at radius 3 is 2.84 bits per heavy atom. The van der Waals surface area contributed by atoms with Gasteiger partial charge in [0.2, 0.25) is 0 Å². The van der Waals surface area contributed by atoms with Crippen molar-refractivity contribution in [3.8, 4) is 0 Å². The fourth-order valence-electron chi connectivity index (χ4n) is 2.33. The summed E-state index contributed by atoms with van der Waals surface area (Å²) < 4.78 is 0. The van der Waals surface area contributed by atoms with Crippen LogP contribution in [0.25, 0.3) is 0 Å². The van der Waals surface area contributed by atoms with Crippen LogP contribution in [0.3, 0.4) is 0 Å². The molecular weight excluding hydrogens is 262 g/mol. The van der Waals surface area contributed by atoms with Gasteiger partial charge in [0.1, 0.15) is 6.04 Å². The third kappa shape index (κ3) is 2.95. The Balaban J connectivity index is 2.11. The average molecular weight is 283 g/mol. The number of thioether (sulfide) groups is 1. The molecule has 1 aliphatic heterocycles. The van der Waals surface area contributed by atoms with Crippen molar-refractivity contribution >= 4 is 17.7 Å². The molecule has 1 aromatic rings. The Kier molecular flexibility index (Phi) is 3.92. The molecule has 0 aromatic carbocycles. The van der Waals surface area contributed by atoms with E-state index in [4.69, 9.17) is 0 Å². The molecule has 106 valence electrons. The molecule has 0 spiro atoms. The van der Waals surface area contributed by atoms with Crippen LogP contribution in [0.5, 0.6) is 0 Å². The molecule has 0 bridgehead atoms. The molecule has 2 heterocycles. The molecule has 3 N–H and O–H groups in total. The van der Waals surface area contributed by atoms with E-state index in [9.17, 15) is 9.90 Å². The van der Waals surface area contributed by atoms with Crippen LogP contribution in [-0.4, -0.2) is 37.7 Å². The Hall–Kier alpha value is -1.01. The van der Waals surface area contributed by atoms with E-state index in [2.05, 4.69) is 36.1 Å². The Labute approximate surface area is 117 Å². The van der Waals surface area contributed by atoms with Crippen LogP contribution in [-0.2, 0) is 11.2 Å². The van der Waals surface area contributed by atoms with Crippen LogP contribution in [0.4, 0.5) is 0 Å². The lowest BCUT2D eigenvalue weighted by Gasteiger charge is -2.40. The maximum absolute atomic E-state index is 11.5. The number of carboxylic acids is 1. The zero-order valence-corrected chi connectivity index (χ0v) is 12.4. The van der Waals surface area contributed by atoms with Gasteiger partial charge in [0.05, 0.1) is 11.2 Å². The second-order valence-electron chi connectivity index (χ2n) is 5.83. The Morgan fingerprint density at radius 2 is 2.37 bits per heavy atom. The van der Waals surface area contributed by atoms with Gasteiger partial charge < -0.3 is 10.1 Å². The lowest BCUT2D eigenvalue weighted by Crippen LogP contribution is -2.55. The first-order valence-corrected chi connectivity index (χ1v) is 7.44. The van der Waals surface area contributed by atoms with Gasteiger partial charge in [0, 0.05) is 18.3 Å². The maximum Gasteiger partial charge on any atom is 0.321 e. The van der Waals surface area contributed by atoms with Gasteiger partial charge in [-0.15, -0.1) is 11.8 Å². The molecule has 2 rings (SSSR count). The number of rotatable bonds is 5. The first kappa shape index (κ1) is 14.4. The van der Waals surface area contributed by atoms with E-state index in [0.29, 0.717) is 6.42 Å². The van der Waals surface area contributed by atoms with Gasteiger partial charge in [0.15, 0.2) is 0 Å². The Bertz CT molecular complexity index is 447. The summed E-state index contributed by atoms with van der Waals surface area (Å²) in [7, 11) is 0. The number of nitrogens with zero attached hydrogens (tertiary/aromatic N) is 1. The summed E-state index contributed by atoms with van der Waals surface area (Å²) in [6, 6.07) is -0.602. The highest BCUT2D eigenvalue weighted by Gasteiger charge is 2.47. The summed E-state index contributed by atoms with van der Waals surface area (Å²) in [6.07, 6.45) is 4.76. The number of aromatic nitrogens is 2. The zero-order valence-electron chi connectivity index (χ0n) is 11.6. The van der Waals surface area contributed by atoms with Crippen molar-refractivity contribution in [3.63, 3.8) is 0 Å². The minimum Gasteiger partial charge on any atom is -0.480 e. The molecule has 5 nitrogen and oxygen atoms in total. The van der Waals surface area contributed by atoms with E-state index in [1.165, 1.54) is 0 Å². The van der Waals surface area contributed by atoms with Crippen molar-refractivity contribution in [2.24, 2.45) is 5.41 Å². The topological polar surface area (TPSA) is 78.0 Å². The molecule has 0 amide bonds. The van der Waals surface area contributed by atoms with E-state index >= 15 is 0 Å². The molecule has 19 heavy (non-hydrogen) atoms. The summed E-state index contributed by atoms with van der Waals surface area (Å²) in [5, 5.41) is 12.7. The normalized spacial score (nSPS) is 27.3. The molecule has 1 saturated heterocycles. The smallest absolute Gasteiger partial charge is 0.321 e. The quantitative estimate of drug-likeness (QED) is 0.769. The third-order valence-corrected chi connectivity index (χ3v) is 5.79. The summed E-state index contributed by atoms with van der Waals surface area (Å²) in [4.78, 5) is 18.1. The fraction of sp³-hybridized carbons (Fsp3) is 0.692. The van der Waals surface area contributed by atoms with Crippen molar-refractivity contribution in [3.05, 3.63) is 18.2 Å². The largest absolute Gasteiger partial charge is 0.480 e. The van der Waals surface area contributed by atoms with Gasteiger partial charge >= 0.3 is 5.97 Å². The number of hydrogen-bond donors (Lipinski definition) is 3. The molecule has 1 fully saturated rings. The molecule has 0 saturated carbocycles. The molecule has 2 atom stereocenters. The first-order chi connectivity index (χ1) is 8.84. The van der Waals surface area contributed by atoms with Crippen LogP contribution >= 0.6 is 11.8 Å². The van der Waals surface area contributed by atoms with E-state index in [0.717, 1.165) is 17.9 Å². The lowest BCUT2D eigenvalue weighted by molar-refractivity contribution is -0.140. The minimum absolute atomic E-state index is 0.0827. The second-order valence-corrected chi connectivity index (χ2v) is 7.35. The van der Waals surface area contributed by atoms with Crippen molar-refractivity contribution < 1.29 is 9.90 Å². The van der Waals surface area contributed by atoms with Crippen molar-refractivity contribution in [1.29, 1.82) is 0 Å². The highest BCUT2D eigenvalue weighted by atomic mass is 32.2. The number of H-pyrrole nitrogens is 1. The maximum atomic E-state index is 11.5. The standard InChI is InChI=1S/C13H21N3O2S/c1-12(2)4-5-19-13(12,3)16-10(11(17)18)6-9-7-14-8-15-9/h7-8,10,16H,4-6H2,1-3H3,(H,14,15)(H,17,18). The molecule has 2 unspecified atom stereocenters. The van der Waals surface area contributed by atoms with E-state index < -0.39 is 12.0 Å². The monoisotopic (exact) mass is 283 g/mol. The van der Waals surface area contributed by atoms with Gasteiger partial charge in [-0.1, -0.05) is 13.8 Å². The average Bonchev–Trinajstić information content (AvgIpc) is 2.88. The summed E-state index contributed by atoms with van der Waals surface area (Å²) >= 11 is 1.81. The van der Waals surface area contributed by atoms with Gasteiger partial charge in [0.25, 0.3) is 0 Å². The zero-order chi connectivity index (χ0) is 14.1. The number of nitrogens with one attached hydrogen (secondary N) is 2. The molecule has 1 aromatic heterocycles. The van der Waals surface area contributed by atoms with Gasteiger partial charge in [-0.3, -0.25) is 10.1 Å². The number of carbonyl (C=O) groups is 1. The van der Waals surface area contributed by atoms with E-state index in [1.54, 1.807) is 12.5 Å². The van der Waals surface area contributed by atoms with Crippen LogP contribution in [0.15, 0.2) is 12.5 Å². The van der Waals surface area contributed by atoms with Crippen LogP contribution in [0.2, 0.25) is 0 Å². The van der Waals surface area contributed by atoms with Crippen LogP contribution in [0.1, 0.15) is 32.9 Å². The third-order valence-electron chi connectivity index (χ3n) is 4.14. The van der Waals surface area contributed by atoms with Crippen molar-refractivity contribution in [1.82, 2.24) is 15.3 Å². The number of imidazole rings is 1. The molecule has 0 aliphatic carbocycles. The second kappa shape index (κ2) is 5.17. The van der Waals surface area contributed by atoms with E-state index in [1.807, 2.05) is 11.8 Å². The number of aliphatic carboxylic acids is 1. The van der Waals surface area contributed by atoms with Gasteiger partial charge in [-0.05, 0) is 24.5 Å². The fourth-order valence-corrected chi connectivity index (χ4v) is 4.07. The molecule has 6 heteroatoms. The Morgan fingerprint density at radius 1 is 1.63 bits per heavy atom. The first-order valence-electron chi connectivity index (χ1n) is 6.46. The number of aromatic amines is 1. The summed E-state index contributed by atoms with van der Waals surface area (Å²) in [5.41, 5.74) is 0.920. The van der Waals surface area contributed by atoms with Crippen molar-refractivity contribution in [2.45, 2.75) is 44.5 Å². The molecule has 1 aliphatic rings. The summed E-state index contributed by atoms with van der Waals surface area (Å²) in [5.74, 6) is 0.242. The van der Waals surface area contributed by atoms with E-state index in [-0.39, 0.29) is 10.3 Å². The van der Waals surface area contributed by atoms with Gasteiger partial charge in [-0.2, -0.15) is 0 Å². The summed E-state index contributed by atoms with van der Waals surface area (Å²) in [6.45, 7) is 6.48. The van der Waals surface area contributed by atoms with Crippen LogP contribution < -0.4 is 5.32 Å². The predicted octanol–water partition coefficient (Wildman–Crippen LogP) is 1.87. The molecular formula is C13H21N3O2S. The van der Waals surface area contributed by atoms with Crippen molar-refractivity contribution in [2.75, 3.05) is 5.75 Å². The van der Waals surface area contributed by atoms with Gasteiger partial charge in [-0.25, -0.2) is 4.98 Å². The SMILES string of the molecule is CC1(C)CCSC1(C)NC(Cc1cnc[nH]1)C(=O)O. The highest BCUT2D eigenvalue weighted by molar-refractivity contribution is 8.00. The molecule has 0 radical (unpaired) electrons. The number of carboxylic acid groups (broad SMARTS) is 1. The lowest BCUT2D eigenvalue weighted by atomic mass is 9.82. The number of hydrogen-bond acceptors (Lipinski definition) is 4. The minimum atomic E-state index is -0.820. The van der Waals surface area contributed by atoms with Crippen LogP contribution in [0, 0.1) is 5.41 Å². The highest BCUT2D eigenvalue weighted by Crippen LogP contribution is 2.49. The predicted molar refractivity (Wildman–Crippen MR) is 76.1 cm³/mol.